The van der Waals surface area contributed by atoms with Gasteiger partial charge in [-0.3, -0.25) is 0 Å². The highest BCUT2D eigenvalue weighted by Gasteiger charge is 2.15. The lowest BCUT2D eigenvalue weighted by Gasteiger charge is -2.07. The molecule has 0 spiro atoms. The second-order valence-corrected chi connectivity index (χ2v) is 7.33. The third kappa shape index (κ3) is 4.70. The molecule has 1 aromatic carbocycles. The summed E-state index contributed by atoms with van der Waals surface area (Å²) in [5.41, 5.74) is 7.44. The number of nitrogens with zero attached hydrogens (tertiary/aromatic N) is 4. The molecule has 0 bridgehead atoms. The third-order valence-corrected chi connectivity index (χ3v) is 5.19. The standard InChI is InChI=1S/C18H13FN6O2S2/c19-11-1-3-12(4-2-11)21-18-24-14(23-17(20)25-18)7-27-16(26)13-9-29-15(22-13)10-5-6-28-8-10/h1-6,8-9H,7H2,(H3,20,21,23,24,25). The Morgan fingerprint density at radius 3 is 2.69 bits per heavy atom. The molecular weight excluding hydrogens is 415 g/mol. The fraction of sp³-hybridized carbons (Fsp3) is 0.0556. The number of anilines is 3. The molecule has 3 aromatic heterocycles. The third-order valence-electron chi connectivity index (χ3n) is 3.61. The number of thiazole rings is 1. The summed E-state index contributed by atoms with van der Waals surface area (Å²) in [4.78, 5) is 28.7. The number of halogens is 1. The molecule has 3 N–H and O–H groups in total. The summed E-state index contributed by atoms with van der Waals surface area (Å²) >= 11 is 2.92. The zero-order valence-electron chi connectivity index (χ0n) is 14.7. The minimum Gasteiger partial charge on any atom is -0.453 e. The molecule has 8 nitrogen and oxygen atoms in total. The normalized spacial score (nSPS) is 10.7. The Morgan fingerprint density at radius 1 is 1.10 bits per heavy atom. The van der Waals surface area contributed by atoms with Gasteiger partial charge in [-0.2, -0.15) is 26.3 Å². The molecule has 0 saturated heterocycles. The SMILES string of the molecule is Nc1nc(COC(=O)c2csc(-c3ccsc3)n2)nc(Nc2ccc(F)cc2)n1. The summed E-state index contributed by atoms with van der Waals surface area (Å²) in [6.07, 6.45) is 0. The van der Waals surface area contributed by atoms with Crippen LogP contribution in [0.1, 0.15) is 16.3 Å². The van der Waals surface area contributed by atoms with E-state index in [0.717, 1.165) is 10.6 Å². The summed E-state index contributed by atoms with van der Waals surface area (Å²) in [5.74, 6) is -0.659. The van der Waals surface area contributed by atoms with Gasteiger partial charge in [0.2, 0.25) is 11.9 Å². The molecule has 0 aliphatic carbocycles. The van der Waals surface area contributed by atoms with Crippen LogP contribution < -0.4 is 11.1 Å². The summed E-state index contributed by atoms with van der Waals surface area (Å²) in [6.45, 7) is -0.199. The van der Waals surface area contributed by atoms with E-state index in [4.69, 9.17) is 10.5 Å². The monoisotopic (exact) mass is 428 g/mol. The topological polar surface area (TPSA) is 116 Å². The Kier molecular flexibility index (Phi) is 5.40. The number of hydrogen-bond acceptors (Lipinski definition) is 10. The first kappa shape index (κ1) is 18.9. The average molecular weight is 428 g/mol. The number of rotatable bonds is 6. The van der Waals surface area contributed by atoms with Crippen molar-refractivity contribution < 1.29 is 13.9 Å². The molecule has 4 aromatic rings. The lowest BCUT2D eigenvalue weighted by molar-refractivity contribution is 0.0456. The number of benzene rings is 1. The Morgan fingerprint density at radius 2 is 1.93 bits per heavy atom. The number of nitrogen functional groups attached to an aromatic ring is 1. The van der Waals surface area contributed by atoms with Crippen LogP contribution in [-0.4, -0.2) is 25.9 Å². The van der Waals surface area contributed by atoms with Gasteiger partial charge in [0, 0.05) is 22.0 Å². The molecule has 0 fully saturated rings. The largest absolute Gasteiger partial charge is 0.453 e. The number of carbonyl (C=O) groups is 1. The number of hydrogen-bond donors (Lipinski definition) is 2. The van der Waals surface area contributed by atoms with Crippen molar-refractivity contribution in [3.8, 4) is 10.6 Å². The Labute approximate surface area is 172 Å². The van der Waals surface area contributed by atoms with Gasteiger partial charge in [0.05, 0.1) is 0 Å². The Bertz CT molecular complexity index is 1130. The van der Waals surface area contributed by atoms with Crippen molar-refractivity contribution in [3.63, 3.8) is 0 Å². The Hall–Kier alpha value is -3.44. The van der Waals surface area contributed by atoms with Crippen LogP contribution in [0, 0.1) is 5.82 Å². The van der Waals surface area contributed by atoms with E-state index in [9.17, 15) is 9.18 Å². The predicted octanol–water partition coefficient (Wildman–Crippen LogP) is 3.88. The number of nitrogens with one attached hydrogen (secondary N) is 1. The zero-order chi connectivity index (χ0) is 20.2. The molecule has 11 heteroatoms. The number of esters is 1. The number of aromatic nitrogens is 4. The molecule has 29 heavy (non-hydrogen) atoms. The molecule has 0 amide bonds. The van der Waals surface area contributed by atoms with Crippen molar-refractivity contribution >= 4 is 46.2 Å². The van der Waals surface area contributed by atoms with Crippen molar-refractivity contribution in [1.82, 2.24) is 19.9 Å². The van der Waals surface area contributed by atoms with E-state index in [-0.39, 0.29) is 35.8 Å². The first-order valence-corrected chi connectivity index (χ1v) is 10.1. The maximum atomic E-state index is 13.0. The maximum absolute atomic E-state index is 13.0. The van der Waals surface area contributed by atoms with E-state index in [1.54, 1.807) is 16.7 Å². The van der Waals surface area contributed by atoms with Gasteiger partial charge in [0.25, 0.3) is 0 Å². The van der Waals surface area contributed by atoms with E-state index in [2.05, 4.69) is 25.3 Å². The van der Waals surface area contributed by atoms with Crippen LogP contribution in [0.2, 0.25) is 0 Å². The van der Waals surface area contributed by atoms with Crippen LogP contribution in [0.15, 0.2) is 46.5 Å². The van der Waals surface area contributed by atoms with E-state index in [0.29, 0.717) is 5.69 Å². The minimum absolute atomic E-state index is 0.0379. The van der Waals surface area contributed by atoms with Gasteiger partial charge >= 0.3 is 5.97 Å². The minimum atomic E-state index is -0.588. The quantitative estimate of drug-likeness (QED) is 0.445. The predicted molar refractivity (Wildman–Crippen MR) is 108 cm³/mol. The van der Waals surface area contributed by atoms with Crippen molar-refractivity contribution in [2.24, 2.45) is 0 Å². The van der Waals surface area contributed by atoms with E-state index >= 15 is 0 Å². The van der Waals surface area contributed by atoms with E-state index in [1.165, 1.54) is 35.6 Å². The smallest absolute Gasteiger partial charge is 0.358 e. The molecule has 3 heterocycles. The van der Waals surface area contributed by atoms with Crippen molar-refractivity contribution in [2.45, 2.75) is 6.61 Å². The average Bonchev–Trinajstić information content (AvgIpc) is 3.39. The fourth-order valence-corrected chi connectivity index (χ4v) is 3.81. The summed E-state index contributed by atoms with van der Waals surface area (Å²) in [7, 11) is 0. The molecule has 146 valence electrons. The summed E-state index contributed by atoms with van der Waals surface area (Å²) in [5, 5.41) is 9.17. The number of thiophene rings is 1. The highest BCUT2D eigenvalue weighted by molar-refractivity contribution is 7.14. The summed E-state index contributed by atoms with van der Waals surface area (Å²) in [6, 6.07) is 7.59. The van der Waals surface area contributed by atoms with Gasteiger partial charge in [-0.05, 0) is 35.7 Å². The van der Waals surface area contributed by atoms with E-state index in [1.807, 2.05) is 16.8 Å². The van der Waals surface area contributed by atoms with Crippen LogP contribution in [0.5, 0.6) is 0 Å². The molecule has 0 radical (unpaired) electrons. The lowest BCUT2D eigenvalue weighted by Crippen LogP contribution is -2.11. The fourth-order valence-electron chi connectivity index (χ4n) is 2.31. The highest BCUT2D eigenvalue weighted by Crippen LogP contribution is 2.26. The number of ether oxygens (including phenoxy) is 1. The molecule has 0 saturated carbocycles. The molecule has 0 aliphatic rings. The van der Waals surface area contributed by atoms with Gasteiger partial charge < -0.3 is 15.8 Å². The molecule has 0 atom stereocenters. The van der Waals surface area contributed by atoms with Gasteiger partial charge in [0.1, 0.15) is 10.8 Å². The van der Waals surface area contributed by atoms with Crippen LogP contribution in [0.4, 0.5) is 22.0 Å². The first-order valence-electron chi connectivity index (χ1n) is 8.25. The van der Waals surface area contributed by atoms with Gasteiger partial charge in [-0.15, -0.1) is 11.3 Å². The van der Waals surface area contributed by atoms with E-state index < -0.39 is 5.97 Å². The zero-order valence-corrected chi connectivity index (χ0v) is 16.3. The second-order valence-electron chi connectivity index (χ2n) is 5.69. The van der Waals surface area contributed by atoms with Gasteiger partial charge in [-0.25, -0.2) is 14.2 Å². The van der Waals surface area contributed by atoms with Crippen molar-refractivity contribution in [2.75, 3.05) is 11.1 Å². The maximum Gasteiger partial charge on any atom is 0.358 e. The number of nitrogens with two attached hydrogens (primary N) is 1. The highest BCUT2D eigenvalue weighted by atomic mass is 32.1. The van der Waals surface area contributed by atoms with Crippen LogP contribution in [0.25, 0.3) is 10.6 Å². The van der Waals surface area contributed by atoms with Crippen molar-refractivity contribution in [1.29, 1.82) is 0 Å². The lowest BCUT2D eigenvalue weighted by atomic mass is 10.3. The summed E-state index contributed by atoms with van der Waals surface area (Å²) < 4.78 is 18.3. The number of carbonyl (C=O) groups excluding carboxylic acids is 1. The van der Waals surface area contributed by atoms with Crippen LogP contribution in [0.3, 0.4) is 0 Å². The first-order chi connectivity index (χ1) is 14.1. The van der Waals surface area contributed by atoms with Crippen LogP contribution in [-0.2, 0) is 11.3 Å². The van der Waals surface area contributed by atoms with Crippen LogP contribution >= 0.6 is 22.7 Å². The second kappa shape index (κ2) is 8.29. The molecule has 4 rings (SSSR count). The molecule has 0 aliphatic heterocycles. The molecule has 0 unspecified atom stereocenters. The van der Waals surface area contributed by atoms with Gasteiger partial charge in [0.15, 0.2) is 18.1 Å². The van der Waals surface area contributed by atoms with Gasteiger partial charge in [-0.1, -0.05) is 0 Å². The Balaban J connectivity index is 1.42. The molecular formula is C18H13FN6O2S2. The van der Waals surface area contributed by atoms with Crippen molar-refractivity contribution in [3.05, 3.63) is 63.8 Å².